The third-order valence-corrected chi connectivity index (χ3v) is 6.29. The minimum Gasteiger partial charge on any atom is -0.264 e. The Morgan fingerprint density at radius 3 is 2.76 bits per heavy atom. The lowest BCUT2D eigenvalue weighted by Gasteiger charge is -2.09. The Morgan fingerprint density at radius 1 is 1.20 bits per heavy atom. The lowest BCUT2D eigenvalue weighted by atomic mass is 10.2. The molecule has 2 heterocycles. The summed E-state index contributed by atoms with van der Waals surface area (Å²) in [6.45, 7) is 4.07. The first-order valence-electron chi connectivity index (χ1n) is 7.87. The van der Waals surface area contributed by atoms with Crippen LogP contribution in [0, 0.1) is 13.8 Å². The van der Waals surface area contributed by atoms with E-state index in [4.69, 9.17) is 0 Å². The van der Waals surface area contributed by atoms with Crippen LogP contribution in [0.15, 0.2) is 53.0 Å². The number of thiazole rings is 1. The van der Waals surface area contributed by atoms with E-state index < -0.39 is 10.0 Å². The minimum atomic E-state index is -3.51. The number of nitrogens with zero attached hydrogens (tertiary/aromatic N) is 2. The lowest BCUT2D eigenvalue weighted by molar-refractivity contribution is 0.581. The number of pyridine rings is 1. The van der Waals surface area contributed by atoms with Gasteiger partial charge in [-0.15, -0.1) is 11.3 Å². The molecular formula is C18H19N3O2S2. The second-order valence-corrected chi connectivity index (χ2v) is 8.46. The van der Waals surface area contributed by atoms with Crippen LogP contribution >= 0.6 is 11.3 Å². The van der Waals surface area contributed by atoms with Gasteiger partial charge in [0.1, 0.15) is 0 Å². The molecule has 25 heavy (non-hydrogen) atoms. The summed E-state index contributed by atoms with van der Waals surface area (Å²) in [4.78, 5) is 8.96. The van der Waals surface area contributed by atoms with Crippen molar-refractivity contribution >= 4 is 21.4 Å². The molecule has 2 aromatic heterocycles. The van der Waals surface area contributed by atoms with Gasteiger partial charge in [-0.2, -0.15) is 0 Å². The molecule has 5 nitrogen and oxygen atoms in total. The summed E-state index contributed by atoms with van der Waals surface area (Å²) in [5.74, 6) is 0. The van der Waals surface area contributed by atoms with E-state index in [1.54, 1.807) is 18.5 Å². The number of benzene rings is 1. The van der Waals surface area contributed by atoms with Gasteiger partial charge < -0.3 is 0 Å². The van der Waals surface area contributed by atoms with E-state index in [-0.39, 0.29) is 0 Å². The van der Waals surface area contributed by atoms with Crippen LogP contribution in [0.2, 0.25) is 0 Å². The molecule has 1 N–H and O–H groups in total. The van der Waals surface area contributed by atoms with Crippen LogP contribution in [0.5, 0.6) is 0 Å². The molecule has 0 saturated heterocycles. The number of aryl methyl sites for hydroxylation is 2. The highest BCUT2D eigenvalue weighted by Gasteiger charge is 2.16. The quantitative estimate of drug-likeness (QED) is 0.719. The van der Waals surface area contributed by atoms with E-state index in [0.29, 0.717) is 17.9 Å². The molecule has 0 bridgehead atoms. The van der Waals surface area contributed by atoms with Crippen LogP contribution < -0.4 is 4.72 Å². The first kappa shape index (κ1) is 17.7. The number of nitrogens with one attached hydrogen (secondary N) is 1. The zero-order valence-electron chi connectivity index (χ0n) is 14.1. The van der Waals surface area contributed by atoms with Crippen molar-refractivity contribution in [3.05, 3.63) is 64.2 Å². The van der Waals surface area contributed by atoms with E-state index >= 15 is 0 Å². The summed E-state index contributed by atoms with van der Waals surface area (Å²) >= 11 is 1.52. The molecule has 0 saturated carbocycles. The van der Waals surface area contributed by atoms with E-state index in [2.05, 4.69) is 14.7 Å². The Bertz CT molecular complexity index is 967. The molecule has 0 amide bonds. The summed E-state index contributed by atoms with van der Waals surface area (Å²) in [6.07, 6.45) is 4.04. The topological polar surface area (TPSA) is 72.0 Å². The lowest BCUT2D eigenvalue weighted by Crippen LogP contribution is -2.26. The average molecular weight is 374 g/mol. The highest BCUT2D eigenvalue weighted by atomic mass is 32.2. The van der Waals surface area contributed by atoms with Crippen LogP contribution in [-0.4, -0.2) is 24.9 Å². The molecule has 0 aliphatic heterocycles. The molecule has 0 aliphatic carbocycles. The summed E-state index contributed by atoms with van der Waals surface area (Å²) in [5.41, 5.74) is 3.62. The van der Waals surface area contributed by atoms with Crippen LogP contribution in [0.1, 0.15) is 16.1 Å². The van der Waals surface area contributed by atoms with Crippen LogP contribution in [-0.2, 0) is 16.4 Å². The third-order valence-electron chi connectivity index (χ3n) is 3.76. The Labute approximate surface area is 151 Å². The first-order chi connectivity index (χ1) is 12.0. The van der Waals surface area contributed by atoms with E-state index in [0.717, 1.165) is 27.4 Å². The monoisotopic (exact) mass is 373 g/mol. The molecule has 0 atom stereocenters. The van der Waals surface area contributed by atoms with Crippen molar-refractivity contribution in [3.8, 4) is 11.3 Å². The number of hydrogen-bond acceptors (Lipinski definition) is 5. The van der Waals surface area contributed by atoms with Gasteiger partial charge in [0.25, 0.3) is 0 Å². The zero-order chi connectivity index (χ0) is 17.9. The van der Waals surface area contributed by atoms with Gasteiger partial charge in [0.15, 0.2) is 0 Å². The second-order valence-electron chi connectivity index (χ2n) is 5.78. The summed E-state index contributed by atoms with van der Waals surface area (Å²) in [5, 5.41) is 2.85. The molecule has 3 rings (SSSR count). The predicted octanol–water partition coefficient (Wildman–Crippen LogP) is 3.34. The molecule has 130 valence electrons. The van der Waals surface area contributed by atoms with Gasteiger partial charge in [-0.1, -0.05) is 17.7 Å². The molecule has 3 aromatic rings. The molecule has 1 aromatic carbocycles. The molecule has 0 unspecified atom stereocenters. The highest BCUT2D eigenvalue weighted by molar-refractivity contribution is 7.89. The highest BCUT2D eigenvalue weighted by Crippen LogP contribution is 2.21. The molecule has 0 aliphatic rings. The number of aromatic nitrogens is 2. The first-order valence-corrected chi connectivity index (χ1v) is 10.2. The molecular weight excluding hydrogens is 354 g/mol. The van der Waals surface area contributed by atoms with Crippen LogP contribution in [0.3, 0.4) is 0 Å². The number of rotatable bonds is 6. The zero-order valence-corrected chi connectivity index (χ0v) is 15.7. The number of sulfonamides is 1. The second kappa shape index (κ2) is 7.43. The third kappa shape index (κ3) is 4.31. The maximum atomic E-state index is 12.4. The molecule has 7 heteroatoms. The van der Waals surface area contributed by atoms with Gasteiger partial charge in [-0.3, -0.25) is 4.98 Å². The van der Waals surface area contributed by atoms with Gasteiger partial charge in [-0.05, 0) is 37.6 Å². The van der Waals surface area contributed by atoms with Gasteiger partial charge in [0.05, 0.1) is 15.6 Å². The van der Waals surface area contributed by atoms with Gasteiger partial charge >= 0.3 is 0 Å². The van der Waals surface area contributed by atoms with Crippen molar-refractivity contribution in [1.82, 2.24) is 14.7 Å². The van der Waals surface area contributed by atoms with Crippen molar-refractivity contribution in [3.63, 3.8) is 0 Å². The standard InChI is InChI=1S/C18H19N3O2S2/c1-13-5-6-17(14(2)10-13)25(22,23)20-9-7-18-21-16(12-24-18)15-4-3-8-19-11-15/h3-6,8,10-12,20H,7,9H2,1-2H3. The largest absolute Gasteiger partial charge is 0.264 e. The van der Waals surface area contributed by atoms with Crippen molar-refractivity contribution in [1.29, 1.82) is 0 Å². The van der Waals surface area contributed by atoms with Crippen molar-refractivity contribution in [2.75, 3.05) is 6.54 Å². The fraction of sp³-hybridized carbons (Fsp3) is 0.222. The van der Waals surface area contributed by atoms with Crippen molar-refractivity contribution < 1.29 is 8.42 Å². The Balaban J connectivity index is 1.64. The average Bonchev–Trinajstić information content (AvgIpc) is 3.04. The summed E-state index contributed by atoms with van der Waals surface area (Å²) in [7, 11) is -3.51. The molecule has 0 spiro atoms. The maximum Gasteiger partial charge on any atom is 0.240 e. The smallest absolute Gasteiger partial charge is 0.240 e. The van der Waals surface area contributed by atoms with E-state index in [1.165, 1.54) is 11.3 Å². The normalized spacial score (nSPS) is 11.6. The van der Waals surface area contributed by atoms with Gasteiger partial charge in [0, 0.05) is 36.3 Å². The maximum absolute atomic E-state index is 12.4. The Hall–Kier alpha value is -2.09. The van der Waals surface area contributed by atoms with Crippen molar-refractivity contribution in [2.24, 2.45) is 0 Å². The Morgan fingerprint density at radius 2 is 2.04 bits per heavy atom. The fourth-order valence-corrected chi connectivity index (χ4v) is 4.61. The van der Waals surface area contributed by atoms with Gasteiger partial charge in [-0.25, -0.2) is 18.1 Å². The van der Waals surface area contributed by atoms with Crippen LogP contribution in [0.4, 0.5) is 0 Å². The van der Waals surface area contributed by atoms with Crippen LogP contribution in [0.25, 0.3) is 11.3 Å². The predicted molar refractivity (Wildman–Crippen MR) is 100 cm³/mol. The summed E-state index contributed by atoms with van der Waals surface area (Å²) < 4.78 is 27.5. The molecule has 0 radical (unpaired) electrons. The minimum absolute atomic E-state index is 0.315. The number of hydrogen-bond donors (Lipinski definition) is 1. The fourth-order valence-electron chi connectivity index (χ4n) is 2.54. The van der Waals surface area contributed by atoms with Gasteiger partial charge in [0.2, 0.25) is 10.0 Å². The van der Waals surface area contributed by atoms with E-state index in [1.807, 2.05) is 43.5 Å². The summed E-state index contributed by atoms with van der Waals surface area (Å²) in [6, 6.07) is 9.15. The van der Waals surface area contributed by atoms with E-state index in [9.17, 15) is 8.42 Å². The SMILES string of the molecule is Cc1ccc(S(=O)(=O)NCCc2nc(-c3cccnc3)cs2)c(C)c1. The van der Waals surface area contributed by atoms with Crippen molar-refractivity contribution in [2.45, 2.75) is 25.2 Å². The Kier molecular flexibility index (Phi) is 5.27. The molecule has 0 fully saturated rings.